The van der Waals surface area contributed by atoms with E-state index < -0.39 is 5.60 Å². The van der Waals surface area contributed by atoms with Crippen molar-refractivity contribution in [2.75, 3.05) is 0 Å². The fourth-order valence-electron chi connectivity index (χ4n) is 1.27. The number of aromatic nitrogens is 1. The van der Waals surface area contributed by atoms with Crippen LogP contribution in [0.4, 0.5) is 0 Å². The first-order valence-corrected chi connectivity index (χ1v) is 4.65. The van der Waals surface area contributed by atoms with Crippen molar-refractivity contribution < 1.29 is 5.11 Å². The molecule has 2 rings (SSSR count). The zero-order valence-corrected chi connectivity index (χ0v) is 7.27. The van der Waals surface area contributed by atoms with Gasteiger partial charge < -0.3 is 5.11 Å². The molecular weight excluding hydrogens is 172 g/mol. The van der Waals surface area contributed by atoms with Crippen LogP contribution >= 0.6 is 11.3 Å². The highest BCUT2D eigenvalue weighted by Crippen LogP contribution is 2.42. The largest absolute Gasteiger partial charge is 0.383 e. The molecule has 1 heterocycles. The highest BCUT2D eigenvalue weighted by Gasteiger charge is 2.38. The summed E-state index contributed by atoms with van der Waals surface area (Å²) >= 11 is 1.29. The molecule has 0 aromatic carbocycles. The minimum Gasteiger partial charge on any atom is -0.383 e. The molecule has 0 saturated heterocycles. The standard InChI is InChI=1S/C8H8N2OS/c9-4-6-5-10-7(12-6)8(11)2-1-3-8/h5,11H,1-3H2. The molecule has 0 amide bonds. The third-order valence-electron chi connectivity index (χ3n) is 2.19. The molecule has 4 heteroatoms. The summed E-state index contributed by atoms with van der Waals surface area (Å²) in [5.74, 6) is 0. The topological polar surface area (TPSA) is 56.9 Å². The molecule has 1 aliphatic rings. The second kappa shape index (κ2) is 2.54. The Hall–Kier alpha value is -0.920. The number of aliphatic hydroxyl groups is 1. The first-order chi connectivity index (χ1) is 5.74. The van der Waals surface area contributed by atoms with Crippen LogP contribution in [0.25, 0.3) is 0 Å². The van der Waals surface area contributed by atoms with Gasteiger partial charge in [-0.25, -0.2) is 4.98 Å². The van der Waals surface area contributed by atoms with Gasteiger partial charge in [0.25, 0.3) is 0 Å². The Morgan fingerprint density at radius 2 is 2.42 bits per heavy atom. The predicted molar refractivity (Wildman–Crippen MR) is 44.6 cm³/mol. The summed E-state index contributed by atoms with van der Waals surface area (Å²) in [5.41, 5.74) is -0.709. The molecule has 0 radical (unpaired) electrons. The molecule has 0 spiro atoms. The van der Waals surface area contributed by atoms with E-state index >= 15 is 0 Å². The summed E-state index contributed by atoms with van der Waals surface area (Å²) in [7, 11) is 0. The molecule has 0 atom stereocenters. The number of thiazole rings is 1. The van der Waals surface area contributed by atoms with Gasteiger partial charge in [0.15, 0.2) is 0 Å². The Labute approximate surface area is 74.3 Å². The van der Waals surface area contributed by atoms with Crippen molar-refractivity contribution in [3.63, 3.8) is 0 Å². The van der Waals surface area contributed by atoms with E-state index in [1.807, 2.05) is 6.07 Å². The lowest BCUT2D eigenvalue weighted by Gasteiger charge is -2.34. The van der Waals surface area contributed by atoms with Crippen LogP contribution in [-0.4, -0.2) is 10.1 Å². The Bertz CT molecular complexity index is 335. The number of nitriles is 1. The molecule has 1 aliphatic carbocycles. The molecule has 0 unspecified atom stereocenters. The third kappa shape index (κ3) is 1.02. The molecule has 12 heavy (non-hydrogen) atoms. The van der Waals surface area contributed by atoms with Crippen LogP contribution in [0.3, 0.4) is 0 Å². The highest BCUT2D eigenvalue weighted by atomic mass is 32.1. The van der Waals surface area contributed by atoms with E-state index in [1.165, 1.54) is 17.5 Å². The number of hydrogen-bond acceptors (Lipinski definition) is 4. The molecule has 62 valence electrons. The van der Waals surface area contributed by atoms with Crippen molar-refractivity contribution in [1.82, 2.24) is 4.98 Å². The number of hydrogen-bond donors (Lipinski definition) is 1. The first-order valence-electron chi connectivity index (χ1n) is 3.83. The molecule has 1 fully saturated rings. The van der Waals surface area contributed by atoms with Crippen LogP contribution < -0.4 is 0 Å². The van der Waals surface area contributed by atoms with Crippen LogP contribution in [0, 0.1) is 11.3 Å². The molecule has 0 aliphatic heterocycles. The summed E-state index contributed by atoms with van der Waals surface area (Å²) < 4.78 is 0. The third-order valence-corrected chi connectivity index (χ3v) is 3.29. The maximum Gasteiger partial charge on any atom is 0.126 e. The van der Waals surface area contributed by atoms with Gasteiger partial charge in [0.2, 0.25) is 0 Å². The maximum absolute atomic E-state index is 9.83. The zero-order chi connectivity index (χ0) is 8.60. The summed E-state index contributed by atoms with van der Waals surface area (Å²) in [4.78, 5) is 4.60. The van der Waals surface area contributed by atoms with E-state index in [0.29, 0.717) is 9.88 Å². The second-order valence-electron chi connectivity index (χ2n) is 3.03. The lowest BCUT2D eigenvalue weighted by atomic mass is 9.81. The van der Waals surface area contributed by atoms with Crippen LogP contribution in [-0.2, 0) is 5.60 Å². The number of rotatable bonds is 1. The minimum atomic E-state index is -0.709. The van der Waals surface area contributed by atoms with Gasteiger partial charge in [0, 0.05) is 0 Å². The fraction of sp³-hybridized carbons (Fsp3) is 0.500. The van der Waals surface area contributed by atoms with Gasteiger partial charge in [0.05, 0.1) is 6.20 Å². The Balaban J connectivity index is 2.29. The smallest absolute Gasteiger partial charge is 0.126 e. The van der Waals surface area contributed by atoms with E-state index in [-0.39, 0.29) is 0 Å². The van der Waals surface area contributed by atoms with Crippen LogP contribution in [0.2, 0.25) is 0 Å². The van der Waals surface area contributed by atoms with E-state index in [1.54, 1.807) is 0 Å². The Morgan fingerprint density at radius 1 is 1.67 bits per heavy atom. The molecule has 1 aromatic heterocycles. The average molecular weight is 180 g/mol. The molecule has 0 bridgehead atoms. The van der Waals surface area contributed by atoms with E-state index in [4.69, 9.17) is 5.26 Å². The minimum absolute atomic E-state index is 0.574. The molecule has 1 saturated carbocycles. The van der Waals surface area contributed by atoms with Gasteiger partial charge in [-0.2, -0.15) is 5.26 Å². The van der Waals surface area contributed by atoms with Crippen LogP contribution in [0.15, 0.2) is 6.20 Å². The van der Waals surface area contributed by atoms with Gasteiger partial charge in [-0.1, -0.05) is 0 Å². The first kappa shape index (κ1) is 7.71. The van der Waals surface area contributed by atoms with E-state index in [0.717, 1.165) is 19.3 Å². The summed E-state index contributed by atoms with van der Waals surface area (Å²) in [5, 5.41) is 19.1. The second-order valence-corrected chi connectivity index (χ2v) is 4.06. The molecule has 1 N–H and O–H groups in total. The Morgan fingerprint density at radius 3 is 2.83 bits per heavy atom. The maximum atomic E-state index is 9.83. The molecular formula is C8H8N2OS. The van der Waals surface area contributed by atoms with Crippen LogP contribution in [0.5, 0.6) is 0 Å². The Kier molecular flexibility index (Phi) is 1.63. The monoisotopic (exact) mass is 180 g/mol. The lowest BCUT2D eigenvalue weighted by Crippen LogP contribution is -2.33. The fourth-order valence-corrected chi connectivity index (χ4v) is 2.13. The number of nitrogens with zero attached hydrogens (tertiary/aromatic N) is 2. The van der Waals surface area contributed by atoms with Gasteiger partial charge in [0.1, 0.15) is 21.6 Å². The van der Waals surface area contributed by atoms with Gasteiger partial charge in [-0.15, -0.1) is 11.3 Å². The summed E-state index contributed by atoms with van der Waals surface area (Å²) in [6, 6.07) is 2.01. The normalized spacial score (nSPS) is 19.7. The van der Waals surface area contributed by atoms with Crippen molar-refractivity contribution in [3.8, 4) is 6.07 Å². The van der Waals surface area contributed by atoms with Gasteiger partial charge in [-0.3, -0.25) is 0 Å². The van der Waals surface area contributed by atoms with Crippen molar-refractivity contribution in [3.05, 3.63) is 16.1 Å². The SMILES string of the molecule is N#Cc1cnc(C2(O)CCC2)s1. The predicted octanol–water partition coefficient (Wildman–Crippen LogP) is 1.39. The van der Waals surface area contributed by atoms with Crippen LogP contribution in [0.1, 0.15) is 29.1 Å². The van der Waals surface area contributed by atoms with Gasteiger partial charge >= 0.3 is 0 Å². The van der Waals surface area contributed by atoms with Crippen molar-refractivity contribution >= 4 is 11.3 Å². The average Bonchev–Trinajstić information content (AvgIpc) is 2.48. The van der Waals surface area contributed by atoms with Crippen molar-refractivity contribution in [1.29, 1.82) is 5.26 Å². The van der Waals surface area contributed by atoms with E-state index in [9.17, 15) is 5.11 Å². The quantitative estimate of drug-likeness (QED) is 0.710. The van der Waals surface area contributed by atoms with E-state index in [2.05, 4.69) is 4.98 Å². The highest BCUT2D eigenvalue weighted by molar-refractivity contribution is 7.12. The summed E-state index contributed by atoms with van der Waals surface area (Å²) in [6.07, 6.45) is 4.14. The lowest BCUT2D eigenvalue weighted by molar-refractivity contribution is -0.0389. The van der Waals surface area contributed by atoms with Crippen molar-refractivity contribution in [2.45, 2.75) is 24.9 Å². The zero-order valence-electron chi connectivity index (χ0n) is 6.45. The van der Waals surface area contributed by atoms with Crippen molar-refractivity contribution in [2.24, 2.45) is 0 Å². The van der Waals surface area contributed by atoms with Gasteiger partial charge in [-0.05, 0) is 19.3 Å². The molecule has 3 nitrogen and oxygen atoms in total. The summed E-state index contributed by atoms with van der Waals surface area (Å²) in [6.45, 7) is 0. The molecule has 1 aromatic rings.